The van der Waals surface area contributed by atoms with Crippen molar-refractivity contribution in [3.63, 3.8) is 0 Å². The third-order valence-electron chi connectivity index (χ3n) is 3.45. The fourth-order valence-corrected chi connectivity index (χ4v) is 2.31. The van der Waals surface area contributed by atoms with E-state index in [9.17, 15) is 4.79 Å². The molecule has 3 heteroatoms. The van der Waals surface area contributed by atoms with Crippen LogP contribution < -0.4 is 10.6 Å². The first-order valence-electron chi connectivity index (χ1n) is 6.61. The van der Waals surface area contributed by atoms with Gasteiger partial charge in [0.25, 0.3) is 5.91 Å². The van der Waals surface area contributed by atoms with Crippen LogP contribution in [-0.4, -0.2) is 13.0 Å². The van der Waals surface area contributed by atoms with Gasteiger partial charge >= 0.3 is 0 Å². The number of carbonyl (C=O) groups excluding carboxylic acids is 1. The van der Waals surface area contributed by atoms with Gasteiger partial charge in [0.15, 0.2) is 0 Å². The molecule has 2 aromatic rings. The molecule has 0 saturated heterocycles. The fourth-order valence-electron chi connectivity index (χ4n) is 2.31. The average Bonchev–Trinajstić information content (AvgIpc) is 2.39. The van der Waals surface area contributed by atoms with Crippen LogP contribution >= 0.6 is 0 Å². The molecule has 0 aliphatic carbocycles. The number of amides is 1. The van der Waals surface area contributed by atoms with Crippen molar-refractivity contribution in [1.82, 2.24) is 0 Å². The molecular weight excluding hydrogens is 248 g/mol. The second-order valence-corrected chi connectivity index (χ2v) is 5.25. The summed E-state index contributed by atoms with van der Waals surface area (Å²) in [5.41, 5.74) is 11.2. The summed E-state index contributed by atoms with van der Waals surface area (Å²) in [6.45, 7) is 5.95. The van der Waals surface area contributed by atoms with Gasteiger partial charge in [-0.2, -0.15) is 0 Å². The molecule has 2 rings (SSSR count). The van der Waals surface area contributed by atoms with Crippen LogP contribution in [0.1, 0.15) is 27.0 Å². The summed E-state index contributed by atoms with van der Waals surface area (Å²) in [6, 6.07) is 11.6. The van der Waals surface area contributed by atoms with E-state index in [1.807, 2.05) is 45.0 Å². The lowest BCUT2D eigenvalue weighted by Crippen LogP contribution is -2.27. The zero-order valence-corrected chi connectivity index (χ0v) is 12.4. The van der Waals surface area contributed by atoms with E-state index in [2.05, 4.69) is 6.07 Å². The third-order valence-corrected chi connectivity index (χ3v) is 3.45. The van der Waals surface area contributed by atoms with Crippen molar-refractivity contribution in [2.45, 2.75) is 20.8 Å². The minimum atomic E-state index is -0.0869. The molecule has 3 nitrogen and oxygen atoms in total. The molecule has 0 saturated carbocycles. The Labute approximate surface area is 120 Å². The maximum absolute atomic E-state index is 12.6. The van der Waals surface area contributed by atoms with Gasteiger partial charge in [0, 0.05) is 18.4 Å². The number of aryl methyl sites for hydroxylation is 3. The number of nitrogen functional groups attached to an aromatic ring is 1. The summed E-state index contributed by atoms with van der Waals surface area (Å²) < 4.78 is 0. The van der Waals surface area contributed by atoms with E-state index in [1.54, 1.807) is 18.0 Å². The maximum Gasteiger partial charge on any atom is 0.260 e. The van der Waals surface area contributed by atoms with Gasteiger partial charge in [-0.15, -0.1) is 0 Å². The molecule has 0 aliphatic rings. The first-order chi connectivity index (χ1) is 9.40. The summed E-state index contributed by atoms with van der Waals surface area (Å²) in [5.74, 6) is -0.0869. The summed E-state index contributed by atoms with van der Waals surface area (Å²) in [6.07, 6.45) is 0. The Hall–Kier alpha value is -2.29. The van der Waals surface area contributed by atoms with Gasteiger partial charge in [-0.3, -0.25) is 4.79 Å². The number of hydrogen-bond acceptors (Lipinski definition) is 2. The second kappa shape index (κ2) is 5.37. The number of nitrogens with two attached hydrogens (primary N) is 1. The number of hydrogen-bond donors (Lipinski definition) is 1. The number of para-hydroxylation sites is 1. The Morgan fingerprint density at radius 1 is 1.05 bits per heavy atom. The van der Waals surface area contributed by atoms with Gasteiger partial charge in [0.1, 0.15) is 0 Å². The fraction of sp³-hybridized carbons (Fsp3) is 0.235. The van der Waals surface area contributed by atoms with Crippen LogP contribution in [0, 0.1) is 20.8 Å². The number of benzene rings is 2. The standard InChI is InChI=1S/C17H20N2O/c1-11-8-12(2)10-14(9-11)19(4)17(20)15-7-5-6-13(3)16(15)18/h5-10H,18H2,1-4H3. The highest BCUT2D eigenvalue weighted by Gasteiger charge is 2.17. The molecule has 2 N–H and O–H groups in total. The SMILES string of the molecule is Cc1cc(C)cc(N(C)C(=O)c2cccc(C)c2N)c1. The van der Waals surface area contributed by atoms with Gasteiger partial charge in [-0.1, -0.05) is 18.2 Å². The van der Waals surface area contributed by atoms with Gasteiger partial charge in [-0.05, 0) is 55.7 Å². The van der Waals surface area contributed by atoms with Crippen molar-refractivity contribution in [3.05, 3.63) is 58.7 Å². The summed E-state index contributed by atoms with van der Waals surface area (Å²) in [7, 11) is 1.78. The van der Waals surface area contributed by atoms with E-state index in [1.165, 1.54) is 0 Å². The Bertz CT molecular complexity index is 642. The highest BCUT2D eigenvalue weighted by molar-refractivity contribution is 6.09. The largest absolute Gasteiger partial charge is 0.398 e. The molecule has 0 fully saturated rings. The monoisotopic (exact) mass is 268 g/mol. The van der Waals surface area contributed by atoms with Crippen LogP contribution in [0.15, 0.2) is 36.4 Å². The van der Waals surface area contributed by atoms with E-state index in [0.29, 0.717) is 11.3 Å². The molecular formula is C17H20N2O. The number of nitrogens with zero attached hydrogens (tertiary/aromatic N) is 1. The topological polar surface area (TPSA) is 46.3 Å². The lowest BCUT2D eigenvalue weighted by atomic mass is 10.1. The molecule has 2 aromatic carbocycles. The number of carbonyl (C=O) groups is 1. The zero-order chi connectivity index (χ0) is 14.9. The predicted molar refractivity (Wildman–Crippen MR) is 84.2 cm³/mol. The van der Waals surface area contributed by atoms with E-state index in [4.69, 9.17) is 5.73 Å². The lowest BCUT2D eigenvalue weighted by Gasteiger charge is -2.20. The molecule has 0 spiro atoms. The van der Waals surface area contributed by atoms with E-state index < -0.39 is 0 Å². The molecule has 0 aromatic heterocycles. The van der Waals surface area contributed by atoms with Crippen LogP contribution in [0.25, 0.3) is 0 Å². The zero-order valence-electron chi connectivity index (χ0n) is 12.4. The minimum Gasteiger partial charge on any atom is -0.398 e. The van der Waals surface area contributed by atoms with Crippen LogP contribution in [0.2, 0.25) is 0 Å². The molecule has 1 amide bonds. The Balaban J connectivity index is 2.40. The quantitative estimate of drug-likeness (QED) is 0.848. The lowest BCUT2D eigenvalue weighted by molar-refractivity contribution is 0.0994. The van der Waals surface area contributed by atoms with Gasteiger partial charge in [-0.25, -0.2) is 0 Å². The van der Waals surface area contributed by atoms with Crippen LogP contribution in [-0.2, 0) is 0 Å². The first-order valence-corrected chi connectivity index (χ1v) is 6.61. The summed E-state index contributed by atoms with van der Waals surface area (Å²) in [5, 5.41) is 0. The Kier molecular flexibility index (Phi) is 3.79. The molecule has 0 heterocycles. The Morgan fingerprint density at radius 2 is 1.65 bits per heavy atom. The van der Waals surface area contributed by atoms with Crippen LogP contribution in [0.5, 0.6) is 0 Å². The molecule has 0 unspecified atom stereocenters. The molecule has 20 heavy (non-hydrogen) atoms. The molecule has 0 radical (unpaired) electrons. The predicted octanol–water partition coefficient (Wildman–Crippen LogP) is 3.47. The third kappa shape index (κ3) is 2.67. The summed E-state index contributed by atoms with van der Waals surface area (Å²) in [4.78, 5) is 14.2. The molecule has 0 bridgehead atoms. The molecule has 0 aliphatic heterocycles. The van der Waals surface area contributed by atoms with E-state index in [0.717, 1.165) is 22.4 Å². The van der Waals surface area contributed by atoms with Crippen molar-refractivity contribution in [2.75, 3.05) is 17.7 Å². The van der Waals surface area contributed by atoms with Crippen LogP contribution in [0.4, 0.5) is 11.4 Å². The molecule has 0 atom stereocenters. The maximum atomic E-state index is 12.6. The Morgan fingerprint density at radius 3 is 2.25 bits per heavy atom. The van der Waals surface area contributed by atoms with Crippen molar-refractivity contribution in [3.8, 4) is 0 Å². The highest BCUT2D eigenvalue weighted by Crippen LogP contribution is 2.23. The number of anilines is 2. The minimum absolute atomic E-state index is 0.0869. The molecule has 104 valence electrons. The summed E-state index contributed by atoms with van der Waals surface area (Å²) >= 11 is 0. The van der Waals surface area contributed by atoms with Gasteiger partial charge < -0.3 is 10.6 Å². The average molecular weight is 268 g/mol. The van der Waals surface area contributed by atoms with Crippen molar-refractivity contribution >= 4 is 17.3 Å². The highest BCUT2D eigenvalue weighted by atomic mass is 16.2. The second-order valence-electron chi connectivity index (χ2n) is 5.25. The van der Waals surface area contributed by atoms with Gasteiger partial charge in [0.2, 0.25) is 0 Å². The van der Waals surface area contributed by atoms with Crippen molar-refractivity contribution < 1.29 is 4.79 Å². The smallest absolute Gasteiger partial charge is 0.260 e. The van der Waals surface area contributed by atoms with Crippen LogP contribution in [0.3, 0.4) is 0 Å². The first kappa shape index (κ1) is 14.1. The van der Waals surface area contributed by atoms with Gasteiger partial charge in [0.05, 0.1) is 5.56 Å². The van der Waals surface area contributed by atoms with Crippen molar-refractivity contribution in [1.29, 1.82) is 0 Å². The van der Waals surface area contributed by atoms with E-state index in [-0.39, 0.29) is 5.91 Å². The number of rotatable bonds is 2. The van der Waals surface area contributed by atoms with Crippen molar-refractivity contribution in [2.24, 2.45) is 0 Å². The van der Waals surface area contributed by atoms with E-state index >= 15 is 0 Å². The normalized spacial score (nSPS) is 10.4.